The zero-order valence-electron chi connectivity index (χ0n) is 14.3. The molecule has 6 nitrogen and oxygen atoms in total. The summed E-state index contributed by atoms with van der Waals surface area (Å²) in [6.45, 7) is 3.77. The van der Waals surface area contributed by atoms with Crippen LogP contribution in [0, 0.1) is 13.8 Å². The summed E-state index contributed by atoms with van der Waals surface area (Å²) >= 11 is 3.33. The average molecular weight is 414 g/mol. The van der Waals surface area contributed by atoms with Crippen LogP contribution in [0.4, 0.5) is 5.69 Å². The lowest BCUT2D eigenvalue weighted by molar-refractivity contribution is -0.136. The second-order valence-corrected chi connectivity index (χ2v) is 7.41. The minimum Gasteiger partial charge on any atom is -0.378 e. The number of carbonyl (C=O) groups is 2. The molecule has 4 rings (SSSR count). The van der Waals surface area contributed by atoms with Crippen molar-refractivity contribution in [1.29, 1.82) is 0 Å². The predicted octanol–water partition coefficient (Wildman–Crippen LogP) is 3.29. The third-order valence-corrected chi connectivity index (χ3v) is 5.18. The Labute approximate surface area is 159 Å². The molecule has 3 heterocycles. The monoisotopic (exact) mass is 413 g/mol. The minimum absolute atomic E-state index is 0.0272. The molecular weight excluding hydrogens is 398 g/mol. The van der Waals surface area contributed by atoms with Gasteiger partial charge in [-0.25, -0.2) is 9.88 Å². The lowest BCUT2D eigenvalue weighted by Gasteiger charge is -2.22. The van der Waals surface area contributed by atoms with Crippen LogP contribution in [0.2, 0.25) is 0 Å². The maximum atomic E-state index is 13.2. The molecule has 0 unspecified atom stereocenters. The molecular formula is C19H16BrN3O3. The molecule has 2 aliphatic heterocycles. The van der Waals surface area contributed by atoms with E-state index in [0.29, 0.717) is 21.7 Å². The average Bonchev–Trinajstić information content (AvgIpc) is 3.12. The van der Waals surface area contributed by atoms with Crippen LogP contribution in [-0.4, -0.2) is 28.1 Å². The molecule has 26 heavy (non-hydrogen) atoms. The maximum Gasteiger partial charge on any atom is 0.281 e. The van der Waals surface area contributed by atoms with E-state index in [0.717, 1.165) is 11.1 Å². The molecule has 1 saturated heterocycles. The summed E-state index contributed by atoms with van der Waals surface area (Å²) in [6.07, 6.45) is 0.197. The van der Waals surface area contributed by atoms with Gasteiger partial charge in [0, 0.05) is 6.42 Å². The summed E-state index contributed by atoms with van der Waals surface area (Å²) in [5, 5.41) is 4.07. The van der Waals surface area contributed by atoms with Crippen molar-refractivity contribution in [3.05, 3.63) is 57.8 Å². The third kappa shape index (κ3) is 2.54. The van der Waals surface area contributed by atoms with Gasteiger partial charge in [-0.15, -0.1) is 0 Å². The van der Waals surface area contributed by atoms with E-state index in [-0.39, 0.29) is 24.7 Å². The van der Waals surface area contributed by atoms with E-state index in [1.54, 1.807) is 6.07 Å². The van der Waals surface area contributed by atoms with Crippen LogP contribution in [0.25, 0.3) is 0 Å². The number of oxime groups is 1. The number of para-hydroxylation sites is 1. The van der Waals surface area contributed by atoms with E-state index in [1.165, 1.54) is 4.90 Å². The SMILES string of the molecule is Cc1cccc(C)c1N1C(=O)C[C@@]2(CC(c3cccc(Br)n3)=NO2)C1=O. The van der Waals surface area contributed by atoms with Crippen molar-refractivity contribution in [1.82, 2.24) is 4.98 Å². The Kier molecular flexibility index (Phi) is 3.91. The molecule has 7 heteroatoms. The summed E-state index contributed by atoms with van der Waals surface area (Å²) in [5.41, 5.74) is 2.30. The molecule has 0 radical (unpaired) electrons. The first kappa shape index (κ1) is 16.9. The lowest BCUT2D eigenvalue weighted by atomic mass is 9.94. The van der Waals surface area contributed by atoms with Crippen molar-refractivity contribution < 1.29 is 14.4 Å². The molecule has 1 atom stereocenters. The van der Waals surface area contributed by atoms with E-state index in [9.17, 15) is 9.59 Å². The number of carbonyl (C=O) groups excluding carboxylic acids is 2. The molecule has 0 N–H and O–H groups in total. The van der Waals surface area contributed by atoms with Gasteiger partial charge < -0.3 is 4.84 Å². The number of rotatable bonds is 2. The Morgan fingerprint density at radius 3 is 2.46 bits per heavy atom. The fourth-order valence-electron chi connectivity index (χ4n) is 3.49. The van der Waals surface area contributed by atoms with Crippen molar-refractivity contribution in [3.8, 4) is 0 Å². The molecule has 1 aromatic heterocycles. The van der Waals surface area contributed by atoms with E-state index < -0.39 is 5.60 Å². The maximum absolute atomic E-state index is 13.2. The van der Waals surface area contributed by atoms with Crippen molar-refractivity contribution in [3.63, 3.8) is 0 Å². The Morgan fingerprint density at radius 1 is 1.08 bits per heavy atom. The van der Waals surface area contributed by atoms with Crippen LogP contribution in [0.3, 0.4) is 0 Å². The summed E-state index contributed by atoms with van der Waals surface area (Å²) < 4.78 is 0.671. The number of aromatic nitrogens is 1. The molecule has 0 saturated carbocycles. The summed E-state index contributed by atoms with van der Waals surface area (Å²) in [6, 6.07) is 11.1. The first-order chi connectivity index (χ1) is 12.4. The molecule has 0 aliphatic carbocycles. The van der Waals surface area contributed by atoms with E-state index in [1.807, 2.05) is 44.2 Å². The fraction of sp³-hybridized carbons (Fsp3) is 0.263. The normalized spacial score (nSPS) is 22.1. The standard InChI is InChI=1S/C19H16BrN3O3/c1-11-5-3-6-12(2)17(11)23-16(24)10-19(18(23)25)9-14(22-26-19)13-7-4-8-15(20)21-13/h3-8H,9-10H2,1-2H3/t19-/m0/s1. The largest absolute Gasteiger partial charge is 0.378 e. The first-order valence-electron chi connectivity index (χ1n) is 8.23. The Hall–Kier alpha value is -2.54. The van der Waals surface area contributed by atoms with Gasteiger partial charge in [0.05, 0.1) is 17.8 Å². The fourth-order valence-corrected chi connectivity index (χ4v) is 3.84. The van der Waals surface area contributed by atoms with Crippen LogP contribution in [0.15, 0.2) is 46.2 Å². The van der Waals surface area contributed by atoms with Gasteiger partial charge in [0.15, 0.2) is 0 Å². The molecule has 1 spiro atoms. The van der Waals surface area contributed by atoms with Gasteiger partial charge in [-0.2, -0.15) is 0 Å². The highest BCUT2D eigenvalue weighted by atomic mass is 79.9. The summed E-state index contributed by atoms with van der Waals surface area (Å²) in [7, 11) is 0. The number of hydrogen-bond acceptors (Lipinski definition) is 5. The zero-order chi connectivity index (χ0) is 18.5. The summed E-state index contributed by atoms with van der Waals surface area (Å²) in [5.74, 6) is -0.639. The highest BCUT2D eigenvalue weighted by Gasteiger charge is 2.58. The lowest BCUT2D eigenvalue weighted by Crippen LogP contribution is -2.41. The van der Waals surface area contributed by atoms with Gasteiger partial charge in [0.2, 0.25) is 11.5 Å². The van der Waals surface area contributed by atoms with Crippen LogP contribution in [-0.2, 0) is 14.4 Å². The van der Waals surface area contributed by atoms with Crippen LogP contribution < -0.4 is 4.90 Å². The molecule has 2 aliphatic rings. The number of aryl methyl sites for hydroxylation is 2. The van der Waals surface area contributed by atoms with Crippen LogP contribution >= 0.6 is 15.9 Å². The van der Waals surface area contributed by atoms with Gasteiger partial charge in [0.1, 0.15) is 10.3 Å². The van der Waals surface area contributed by atoms with Crippen LogP contribution in [0.5, 0.6) is 0 Å². The first-order valence-corrected chi connectivity index (χ1v) is 9.02. The van der Waals surface area contributed by atoms with Gasteiger partial charge >= 0.3 is 0 Å². The van der Waals surface area contributed by atoms with Gasteiger partial charge in [-0.3, -0.25) is 9.59 Å². The highest BCUT2D eigenvalue weighted by molar-refractivity contribution is 9.10. The topological polar surface area (TPSA) is 71.9 Å². The zero-order valence-corrected chi connectivity index (χ0v) is 15.9. The van der Waals surface area contributed by atoms with Crippen molar-refractivity contribution in [2.24, 2.45) is 5.16 Å². The quantitative estimate of drug-likeness (QED) is 0.559. The Balaban J connectivity index is 1.67. The number of imide groups is 1. The van der Waals surface area contributed by atoms with Crippen molar-refractivity contribution in [2.75, 3.05) is 4.90 Å². The molecule has 0 bridgehead atoms. The number of hydrogen-bond donors (Lipinski definition) is 0. The smallest absolute Gasteiger partial charge is 0.281 e. The van der Waals surface area contributed by atoms with Crippen molar-refractivity contribution in [2.45, 2.75) is 32.3 Å². The molecule has 2 aromatic rings. The number of benzene rings is 1. The minimum atomic E-state index is -1.27. The number of halogens is 1. The predicted molar refractivity (Wildman–Crippen MR) is 99.9 cm³/mol. The van der Waals surface area contributed by atoms with E-state index in [4.69, 9.17) is 4.84 Å². The number of pyridine rings is 1. The Bertz CT molecular complexity index is 952. The molecule has 1 aromatic carbocycles. The highest BCUT2D eigenvalue weighted by Crippen LogP contribution is 2.40. The van der Waals surface area contributed by atoms with E-state index in [2.05, 4.69) is 26.1 Å². The Morgan fingerprint density at radius 2 is 1.77 bits per heavy atom. The molecule has 1 fully saturated rings. The second-order valence-electron chi connectivity index (χ2n) is 6.60. The molecule has 2 amide bonds. The molecule has 132 valence electrons. The van der Waals surface area contributed by atoms with Crippen LogP contribution in [0.1, 0.15) is 29.7 Å². The van der Waals surface area contributed by atoms with Crippen molar-refractivity contribution >= 4 is 39.1 Å². The van der Waals surface area contributed by atoms with Gasteiger partial charge in [-0.1, -0.05) is 29.4 Å². The number of nitrogens with zero attached hydrogens (tertiary/aromatic N) is 3. The van der Waals surface area contributed by atoms with Gasteiger partial charge in [0.25, 0.3) is 5.91 Å². The third-order valence-electron chi connectivity index (χ3n) is 4.74. The van der Waals surface area contributed by atoms with Gasteiger partial charge in [-0.05, 0) is 53.0 Å². The number of amides is 2. The number of anilines is 1. The summed E-state index contributed by atoms with van der Waals surface area (Å²) in [4.78, 5) is 37.0. The van der Waals surface area contributed by atoms with E-state index >= 15 is 0 Å². The second kappa shape index (κ2) is 6.02.